The van der Waals surface area contributed by atoms with Crippen LogP contribution in [0.15, 0.2) is 29.2 Å². The van der Waals surface area contributed by atoms with Crippen molar-refractivity contribution in [3.63, 3.8) is 0 Å². The summed E-state index contributed by atoms with van der Waals surface area (Å²) in [5, 5.41) is 3.44. The fourth-order valence-corrected chi connectivity index (χ4v) is 1.95. The van der Waals surface area contributed by atoms with E-state index in [2.05, 4.69) is 35.8 Å². The second kappa shape index (κ2) is 8.62. The van der Waals surface area contributed by atoms with Gasteiger partial charge in [0.2, 0.25) is 0 Å². The Morgan fingerprint density at radius 3 is 2.50 bits per heavy atom. The van der Waals surface area contributed by atoms with Crippen LogP contribution in [0, 0.1) is 0 Å². The Hall–Kier alpha value is -0.510. The van der Waals surface area contributed by atoms with Gasteiger partial charge < -0.3 is 11.1 Å². The Kier molecular flexibility index (Phi) is 7.30. The first-order valence-corrected chi connectivity index (χ1v) is 7.13. The summed E-state index contributed by atoms with van der Waals surface area (Å²) in [6, 6.07) is 8.81. The van der Waals surface area contributed by atoms with Crippen LogP contribution in [-0.2, 0) is 6.42 Å². The van der Waals surface area contributed by atoms with E-state index in [1.165, 1.54) is 16.9 Å². The van der Waals surface area contributed by atoms with Gasteiger partial charge in [0.15, 0.2) is 0 Å². The molecule has 3 N–H and O–H groups in total. The Morgan fingerprint density at radius 2 is 1.88 bits per heavy atom. The van der Waals surface area contributed by atoms with Crippen LogP contribution in [0.4, 0.5) is 0 Å². The third-order valence-electron chi connectivity index (χ3n) is 2.56. The number of hydrogen-bond acceptors (Lipinski definition) is 3. The van der Waals surface area contributed by atoms with Gasteiger partial charge in [0, 0.05) is 4.90 Å². The molecule has 0 fully saturated rings. The third kappa shape index (κ3) is 5.54. The predicted octanol–water partition coefficient (Wildman–Crippen LogP) is 2.28. The Morgan fingerprint density at radius 1 is 1.12 bits per heavy atom. The van der Waals surface area contributed by atoms with E-state index in [0.29, 0.717) is 0 Å². The molecule has 0 atom stereocenters. The van der Waals surface area contributed by atoms with Gasteiger partial charge in [-0.2, -0.15) is 0 Å². The average Bonchev–Trinajstić information content (AvgIpc) is 2.34. The van der Waals surface area contributed by atoms with Crippen LogP contribution >= 0.6 is 11.8 Å². The van der Waals surface area contributed by atoms with Gasteiger partial charge >= 0.3 is 0 Å². The number of nitrogens with one attached hydrogen (secondary N) is 1. The number of thioether (sulfide) groups is 1. The van der Waals surface area contributed by atoms with E-state index < -0.39 is 0 Å². The Balaban J connectivity index is 2.12. The van der Waals surface area contributed by atoms with Crippen molar-refractivity contribution in [3.8, 4) is 0 Å². The van der Waals surface area contributed by atoms with Crippen molar-refractivity contribution < 1.29 is 0 Å². The largest absolute Gasteiger partial charge is 0.330 e. The Bertz CT molecular complexity index is 272. The maximum Gasteiger partial charge on any atom is 0.00693 e. The van der Waals surface area contributed by atoms with Crippen molar-refractivity contribution in [2.75, 3.05) is 25.9 Å². The van der Waals surface area contributed by atoms with E-state index in [-0.39, 0.29) is 0 Å². The van der Waals surface area contributed by atoms with Crippen molar-refractivity contribution >= 4 is 11.8 Å². The molecule has 0 saturated carbocycles. The molecule has 0 aliphatic heterocycles. The van der Waals surface area contributed by atoms with E-state index >= 15 is 0 Å². The molecule has 0 heterocycles. The molecule has 1 rings (SSSR count). The van der Waals surface area contributed by atoms with E-state index in [1.807, 2.05) is 0 Å². The zero-order chi connectivity index (χ0) is 11.6. The second-order valence-electron chi connectivity index (χ2n) is 3.84. The zero-order valence-corrected chi connectivity index (χ0v) is 10.9. The lowest BCUT2D eigenvalue weighted by Crippen LogP contribution is -2.19. The minimum absolute atomic E-state index is 0.803. The summed E-state index contributed by atoms with van der Waals surface area (Å²) in [5.41, 5.74) is 6.84. The summed E-state index contributed by atoms with van der Waals surface area (Å²) in [5.74, 6) is 0. The van der Waals surface area contributed by atoms with Gasteiger partial charge in [-0.1, -0.05) is 12.1 Å². The van der Waals surface area contributed by atoms with Crippen LogP contribution in [-0.4, -0.2) is 25.9 Å². The smallest absolute Gasteiger partial charge is 0.00693 e. The van der Waals surface area contributed by atoms with Gasteiger partial charge in [-0.05, 0) is 62.8 Å². The maximum atomic E-state index is 5.43. The highest BCUT2D eigenvalue weighted by molar-refractivity contribution is 7.98. The number of benzene rings is 1. The van der Waals surface area contributed by atoms with Crippen LogP contribution in [0.1, 0.15) is 18.4 Å². The molecule has 0 aliphatic rings. The molecule has 1 aromatic rings. The second-order valence-corrected chi connectivity index (χ2v) is 4.72. The lowest BCUT2D eigenvalue weighted by atomic mass is 10.1. The molecule has 0 spiro atoms. The van der Waals surface area contributed by atoms with Gasteiger partial charge in [-0.25, -0.2) is 0 Å². The molecule has 16 heavy (non-hydrogen) atoms. The van der Waals surface area contributed by atoms with Gasteiger partial charge in [0.05, 0.1) is 0 Å². The quantitative estimate of drug-likeness (QED) is 0.539. The van der Waals surface area contributed by atoms with Crippen LogP contribution < -0.4 is 11.1 Å². The van der Waals surface area contributed by atoms with Crippen molar-refractivity contribution in [2.24, 2.45) is 5.73 Å². The molecule has 0 saturated heterocycles. The van der Waals surface area contributed by atoms with Gasteiger partial charge in [-0.3, -0.25) is 0 Å². The Labute approximate surface area is 103 Å². The number of rotatable bonds is 8. The van der Waals surface area contributed by atoms with Crippen molar-refractivity contribution in [1.82, 2.24) is 5.32 Å². The van der Waals surface area contributed by atoms with E-state index in [0.717, 1.165) is 32.5 Å². The highest BCUT2D eigenvalue weighted by Gasteiger charge is 1.94. The van der Waals surface area contributed by atoms with E-state index in [9.17, 15) is 0 Å². The molecule has 0 unspecified atom stereocenters. The molecule has 0 radical (unpaired) electrons. The summed E-state index contributed by atoms with van der Waals surface area (Å²) in [4.78, 5) is 1.33. The van der Waals surface area contributed by atoms with Crippen LogP contribution in [0.3, 0.4) is 0 Å². The number of unbranched alkanes of at least 4 members (excludes halogenated alkanes) is 1. The first kappa shape index (κ1) is 13.6. The topological polar surface area (TPSA) is 38.0 Å². The highest BCUT2D eigenvalue weighted by atomic mass is 32.2. The standard InChI is InChI=1S/C13H22N2S/c1-16-13-6-4-12(5-7-13)8-11-15-10-3-2-9-14/h4-7,15H,2-3,8-11,14H2,1H3. The van der Waals surface area contributed by atoms with Crippen molar-refractivity contribution in [3.05, 3.63) is 29.8 Å². The molecular formula is C13H22N2S. The minimum Gasteiger partial charge on any atom is -0.330 e. The maximum absolute atomic E-state index is 5.43. The van der Waals surface area contributed by atoms with Crippen LogP contribution in [0.5, 0.6) is 0 Å². The molecule has 3 heteroatoms. The summed E-state index contributed by atoms with van der Waals surface area (Å²) in [6.07, 6.45) is 5.52. The molecule has 90 valence electrons. The van der Waals surface area contributed by atoms with Crippen molar-refractivity contribution in [1.29, 1.82) is 0 Å². The average molecular weight is 238 g/mol. The molecule has 0 aliphatic carbocycles. The molecule has 0 bridgehead atoms. The SMILES string of the molecule is CSc1ccc(CCNCCCCN)cc1. The zero-order valence-electron chi connectivity index (χ0n) is 10.0. The summed E-state index contributed by atoms with van der Waals surface area (Å²) in [6.45, 7) is 2.95. The highest BCUT2D eigenvalue weighted by Crippen LogP contribution is 2.14. The van der Waals surface area contributed by atoms with Gasteiger partial charge in [0.25, 0.3) is 0 Å². The normalized spacial score (nSPS) is 10.6. The summed E-state index contributed by atoms with van der Waals surface area (Å²) in [7, 11) is 0. The first-order valence-electron chi connectivity index (χ1n) is 5.90. The lowest BCUT2D eigenvalue weighted by Gasteiger charge is -2.05. The first-order chi connectivity index (χ1) is 7.86. The third-order valence-corrected chi connectivity index (χ3v) is 3.30. The molecular weight excluding hydrogens is 216 g/mol. The monoisotopic (exact) mass is 238 g/mol. The lowest BCUT2D eigenvalue weighted by molar-refractivity contribution is 0.627. The molecule has 1 aromatic carbocycles. The van der Waals surface area contributed by atoms with Crippen LogP contribution in [0.2, 0.25) is 0 Å². The molecule has 2 nitrogen and oxygen atoms in total. The number of hydrogen-bond donors (Lipinski definition) is 2. The van der Waals surface area contributed by atoms with Crippen molar-refractivity contribution in [2.45, 2.75) is 24.2 Å². The molecule has 0 aromatic heterocycles. The molecule has 0 amide bonds. The summed E-state index contributed by atoms with van der Waals surface area (Å²) < 4.78 is 0. The minimum atomic E-state index is 0.803. The summed E-state index contributed by atoms with van der Waals surface area (Å²) >= 11 is 1.79. The fraction of sp³-hybridized carbons (Fsp3) is 0.538. The predicted molar refractivity (Wildman–Crippen MR) is 73.1 cm³/mol. The van der Waals surface area contributed by atoms with Crippen LogP contribution in [0.25, 0.3) is 0 Å². The number of nitrogens with two attached hydrogens (primary N) is 1. The van der Waals surface area contributed by atoms with E-state index in [1.54, 1.807) is 11.8 Å². The van der Waals surface area contributed by atoms with E-state index in [4.69, 9.17) is 5.73 Å². The fourth-order valence-electron chi connectivity index (χ4n) is 1.54. The van der Waals surface area contributed by atoms with Gasteiger partial charge in [0.1, 0.15) is 0 Å². The van der Waals surface area contributed by atoms with Gasteiger partial charge in [-0.15, -0.1) is 11.8 Å².